The van der Waals surface area contributed by atoms with Gasteiger partial charge in [-0.2, -0.15) is 0 Å². The first-order valence-corrected chi connectivity index (χ1v) is 5.74. The fraction of sp³-hybridized carbons (Fsp3) is 0.0714. The Morgan fingerprint density at radius 2 is 1.68 bits per heavy atom. The third-order valence-electron chi connectivity index (χ3n) is 2.47. The number of halogens is 1. The van der Waals surface area contributed by atoms with Gasteiger partial charge >= 0.3 is 6.03 Å². The molecule has 0 bridgehead atoms. The topological polar surface area (TPSA) is 67.2 Å². The van der Waals surface area contributed by atoms with Gasteiger partial charge in [-0.1, -0.05) is 0 Å². The van der Waals surface area contributed by atoms with E-state index in [4.69, 9.17) is 5.73 Å². The molecule has 0 heterocycles. The van der Waals surface area contributed by atoms with Crippen LogP contribution in [0.3, 0.4) is 0 Å². The summed E-state index contributed by atoms with van der Waals surface area (Å²) >= 11 is 0. The molecule has 2 aromatic carbocycles. The summed E-state index contributed by atoms with van der Waals surface area (Å²) in [4.78, 5) is 11.7. The minimum atomic E-state index is -0.435. The Bertz CT molecular complexity index is 576. The van der Waals surface area contributed by atoms with Gasteiger partial charge in [-0.15, -0.1) is 0 Å². The number of nitrogens with two attached hydrogens (primary N) is 1. The van der Waals surface area contributed by atoms with Crippen molar-refractivity contribution in [1.82, 2.24) is 0 Å². The number of benzene rings is 2. The molecule has 4 nitrogen and oxygen atoms in total. The van der Waals surface area contributed by atoms with Crippen molar-refractivity contribution in [3.8, 4) is 0 Å². The summed E-state index contributed by atoms with van der Waals surface area (Å²) in [5.74, 6) is -0.386. The molecule has 0 atom stereocenters. The van der Waals surface area contributed by atoms with Crippen LogP contribution in [-0.4, -0.2) is 6.03 Å². The minimum absolute atomic E-state index is 0.386. The van der Waals surface area contributed by atoms with E-state index in [0.29, 0.717) is 17.1 Å². The fourth-order valence-corrected chi connectivity index (χ4v) is 1.67. The lowest BCUT2D eigenvalue weighted by molar-refractivity contribution is 0.262. The summed E-state index contributed by atoms with van der Waals surface area (Å²) in [5.41, 5.74) is 7.92. The summed E-state index contributed by atoms with van der Waals surface area (Å²) in [6.45, 7) is 1.76. The van der Waals surface area contributed by atoms with Crippen LogP contribution < -0.4 is 16.4 Å². The second-order valence-electron chi connectivity index (χ2n) is 4.22. The molecule has 0 aromatic heterocycles. The maximum atomic E-state index is 13.2. The van der Waals surface area contributed by atoms with Crippen LogP contribution in [0.2, 0.25) is 0 Å². The summed E-state index contributed by atoms with van der Waals surface area (Å²) < 4.78 is 13.2. The van der Waals surface area contributed by atoms with Gasteiger partial charge in [0.05, 0.1) is 0 Å². The quantitative estimate of drug-likeness (QED) is 0.724. The number of anilines is 3. The smallest absolute Gasteiger partial charge is 0.323 e. The highest BCUT2D eigenvalue weighted by atomic mass is 19.1. The standard InChI is InChI=1S/C14H14FN3O/c1-9-6-10(15)8-13(7-9)18-14(19)17-12-4-2-11(16)3-5-12/h2-8H,16H2,1H3,(H2,17,18,19). The molecular formula is C14H14FN3O. The molecule has 0 spiro atoms. The third kappa shape index (κ3) is 3.70. The van der Waals surface area contributed by atoms with Gasteiger partial charge in [-0.25, -0.2) is 9.18 Å². The van der Waals surface area contributed by atoms with Gasteiger partial charge in [-0.3, -0.25) is 0 Å². The average Bonchev–Trinajstić information content (AvgIpc) is 2.30. The molecular weight excluding hydrogens is 245 g/mol. The molecule has 19 heavy (non-hydrogen) atoms. The van der Waals surface area contributed by atoms with E-state index in [9.17, 15) is 9.18 Å². The number of aryl methyl sites for hydroxylation is 1. The molecule has 2 aromatic rings. The zero-order chi connectivity index (χ0) is 13.8. The molecule has 0 unspecified atom stereocenters. The molecule has 0 aliphatic carbocycles. The van der Waals surface area contributed by atoms with E-state index in [-0.39, 0.29) is 5.82 Å². The Hall–Kier alpha value is -2.56. The Balaban J connectivity index is 2.03. The number of urea groups is 1. The lowest BCUT2D eigenvalue weighted by Crippen LogP contribution is -2.19. The summed E-state index contributed by atoms with van der Waals surface area (Å²) in [6, 6.07) is 10.6. The number of carbonyl (C=O) groups is 1. The van der Waals surface area contributed by atoms with Crippen LogP contribution in [0, 0.1) is 12.7 Å². The van der Waals surface area contributed by atoms with E-state index in [1.807, 2.05) is 0 Å². The minimum Gasteiger partial charge on any atom is -0.399 e. The van der Waals surface area contributed by atoms with Gasteiger partial charge in [0.15, 0.2) is 0 Å². The molecule has 2 rings (SSSR count). The van der Waals surface area contributed by atoms with Crippen molar-refractivity contribution in [2.45, 2.75) is 6.92 Å². The van der Waals surface area contributed by atoms with Crippen molar-refractivity contribution < 1.29 is 9.18 Å². The third-order valence-corrected chi connectivity index (χ3v) is 2.47. The molecule has 98 valence electrons. The lowest BCUT2D eigenvalue weighted by Gasteiger charge is -2.08. The van der Waals surface area contributed by atoms with Crippen LogP contribution in [0.1, 0.15) is 5.56 Å². The molecule has 0 fully saturated rings. The van der Waals surface area contributed by atoms with Gasteiger partial charge in [0.25, 0.3) is 0 Å². The maximum Gasteiger partial charge on any atom is 0.323 e. The number of hydrogen-bond donors (Lipinski definition) is 3. The number of carbonyl (C=O) groups excluding carboxylic acids is 1. The summed E-state index contributed by atoms with van der Waals surface area (Å²) in [6.07, 6.45) is 0. The van der Waals surface area contributed by atoms with Crippen molar-refractivity contribution >= 4 is 23.1 Å². The average molecular weight is 259 g/mol. The Morgan fingerprint density at radius 3 is 2.32 bits per heavy atom. The Morgan fingerprint density at radius 1 is 1.05 bits per heavy atom. The maximum absolute atomic E-state index is 13.2. The summed E-state index contributed by atoms with van der Waals surface area (Å²) in [5, 5.41) is 5.19. The molecule has 0 saturated carbocycles. The van der Waals surface area contributed by atoms with Crippen molar-refractivity contribution in [1.29, 1.82) is 0 Å². The SMILES string of the molecule is Cc1cc(F)cc(NC(=O)Nc2ccc(N)cc2)c1. The highest BCUT2D eigenvalue weighted by Crippen LogP contribution is 2.15. The van der Waals surface area contributed by atoms with Crippen molar-refractivity contribution in [3.63, 3.8) is 0 Å². The van der Waals surface area contributed by atoms with Crippen LogP contribution >= 0.6 is 0 Å². The van der Waals surface area contributed by atoms with E-state index in [1.54, 1.807) is 37.3 Å². The van der Waals surface area contributed by atoms with Gasteiger partial charge in [0, 0.05) is 17.1 Å². The normalized spacial score (nSPS) is 10.0. The predicted molar refractivity (Wildman–Crippen MR) is 74.6 cm³/mol. The first-order valence-electron chi connectivity index (χ1n) is 5.74. The van der Waals surface area contributed by atoms with Crippen molar-refractivity contribution in [2.75, 3.05) is 16.4 Å². The first kappa shape index (κ1) is 12.9. The number of hydrogen-bond acceptors (Lipinski definition) is 2. The van der Waals surface area contributed by atoms with Crippen LogP contribution in [0.15, 0.2) is 42.5 Å². The molecule has 0 aliphatic rings. The zero-order valence-corrected chi connectivity index (χ0v) is 10.4. The molecule has 0 saturated heterocycles. The Kier molecular flexibility index (Phi) is 3.66. The molecule has 5 heteroatoms. The second-order valence-corrected chi connectivity index (χ2v) is 4.22. The number of rotatable bonds is 2. The van der Waals surface area contributed by atoms with Crippen LogP contribution in [0.4, 0.5) is 26.2 Å². The van der Waals surface area contributed by atoms with Gasteiger partial charge in [0.1, 0.15) is 5.82 Å². The van der Waals surface area contributed by atoms with Crippen molar-refractivity contribution in [3.05, 3.63) is 53.8 Å². The van der Waals surface area contributed by atoms with E-state index in [2.05, 4.69) is 10.6 Å². The van der Waals surface area contributed by atoms with Crippen LogP contribution in [0.25, 0.3) is 0 Å². The monoisotopic (exact) mass is 259 g/mol. The van der Waals surface area contributed by atoms with E-state index in [0.717, 1.165) is 5.56 Å². The largest absolute Gasteiger partial charge is 0.399 e. The van der Waals surface area contributed by atoms with Gasteiger partial charge in [0.2, 0.25) is 0 Å². The summed E-state index contributed by atoms with van der Waals surface area (Å²) in [7, 11) is 0. The first-order chi connectivity index (χ1) is 9.02. The van der Waals surface area contributed by atoms with E-state index >= 15 is 0 Å². The van der Waals surface area contributed by atoms with E-state index < -0.39 is 6.03 Å². The van der Waals surface area contributed by atoms with E-state index in [1.165, 1.54) is 12.1 Å². The van der Waals surface area contributed by atoms with Gasteiger partial charge in [-0.05, 0) is 55.0 Å². The molecule has 2 amide bonds. The molecule has 0 radical (unpaired) electrons. The number of amides is 2. The number of nitrogens with one attached hydrogen (secondary N) is 2. The fourth-order valence-electron chi connectivity index (χ4n) is 1.67. The molecule has 0 aliphatic heterocycles. The highest BCUT2D eigenvalue weighted by molar-refractivity contribution is 5.99. The Labute approximate surface area is 110 Å². The lowest BCUT2D eigenvalue weighted by atomic mass is 10.2. The second kappa shape index (κ2) is 5.39. The molecule has 4 N–H and O–H groups in total. The van der Waals surface area contributed by atoms with Crippen LogP contribution in [-0.2, 0) is 0 Å². The highest BCUT2D eigenvalue weighted by Gasteiger charge is 2.04. The van der Waals surface area contributed by atoms with Crippen LogP contribution in [0.5, 0.6) is 0 Å². The number of nitrogen functional groups attached to an aromatic ring is 1. The zero-order valence-electron chi connectivity index (χ0n) is 10.4. The van der Waals surface area contributed by atoms with Crippen molar-refractivity contribution in [2.24, 2.45) is 0 Å². The van der Waals surface area contributed by atoms with Gasteiger partial charge < -0.3 is 16.4 Å². The predicted octanol–water partition coefficient (Wildman–Crippen LogP) is 3.36.